The number of aliphatic hydroxyl groups is 1. The van der Waals surface area contributed by atoms with Crippen LogP contribution in [-0.4, -0.2) is 27.3 Å². The van der Waals surface area contributed by atoms with E-state index >= 15 is 0 Å². The van der Waals surface area contributed by atoms with Gasteiger partial charge in [-0.1, -0.05) is 31.2 Å². The van der Waals surface area contributed by atoms with Crippen molar-refractivity contribution in [1.29, 1.82) is 0 Å². The molecule has 0 aliphatic heterocycles. The van der Waals surface area contributed by atoms with Gasteiger partial charge in [0.15, 0.2) is 0 Å². The molecule has 0 saturated carbocycles. The van der Waals surface area contributed by atoms with Crippen LogP contribution in [0, 0.1) is 19.8 Å². The van der Waals surface area contributed by atoms with E-state index in [4.69, 9.17) is 0 Å². The van der Waals surface area contributed by atoms with Gasteiger partial charge < -0.3 is 10.4 Å². The number of rotatable bonds is 4. The molecule has 1 aliphatic carbocycles. The van der Waals surface area contributed by atoms with E-state index in [-0.39, 0.29) is 17.9 Å². The van der Waals surface area contributed by atoms with Gasteiger partial charge in [0.1, 0.15) is 0 Å². The van der Waals surface area contributed by atoms with Crippen LogP contribution >= 0.6 is 0 Å². The number of H-pyrrole nitrogens is 1. The van der Waals surface area contributed by atoms with Crippen molar-refractivity contribution in [1.82, 2.24) is 15.5 Å². The molecule has 5 heteroatoms. The van der Waals surface area contributed by atoms with Crippen LogP contribution in [0.25, 0.3) is 0 Å². The van der Waals surface area contributed by atoms with Crippen molar-refractivity contribution in [2.75, 3.05) is 0 Å². The molecule has 5 nitrogen and oxygen atoms in total. The third-order valence-corrected chi connectivity index (χ3v) is 4.74. The molecule has 3 rings (SSSR count). The van der Waals surface area contributed by atoms with Gasteiger partial charge >= 0.3 is 0 Å². The Balaban J connectivity index is 1.70. The Hall–Kier alpha value is -2.14. The molecule has 2 aromatic rings. The Morgan fingerprint density at radius 3 is 2.87 bits per heavy atom. The fourth-order valence-corrected chi connectivity index (χ4v) is 3.32. The van der Waals surface area contributed by atoms with Crippen LogP contribution < -0.4 is 5.32 Å². The molecule has 1 aromatic heterocycles. The predicted molar refractivity (Wildman–Crippen MR) is 88.0 cm³/mol. The highest BCUT2D eigenvalue weighted by atomic mass is 16.3. The fraction of sp³-hybridized carbons (Fsp3) is 0.444. The van der Waals surface area contributed by atoms with Crippen LogP contribution in [0.3, 0.4) is 0 Å². The molecule has 1 amide bonds. The predicted octanol–water partition coefficient (Wildman–Crippen LogP) is 1.98. The Morgan fingerprint density at radius 2 is 2.17 bits per heavy atom. The molecule has 0 saturated heterocycles. The van der Waals surface area contributed by atoms with Crippen LogP contribution in [-0.2, 0) is 17.6 Å². The molecular formula is C18H23N3O2. The largest absolute Gasteiger partial charge is 0.390 e. The van der Waals surface area contributed by atoms with Gasteiger partial charge in [0.25, 0.3) is 0 Å². The summed E-state index contributed by atoms with van der Waals surface area (Å²) >= 11 is 0. The van der Waals surface area contributed by atoms with Gasteiger partial charge in [-0.25, -0.2) is 0 Å². The smallest absolute Gasteiger partial charge is 0.223 e. The van der Waals surface area contributed by atoms with Crippen LogP contribution in [0.2, 0.25) is 0 Å². The second kappa shape index (κ2) is 6.16. The van der Waals surface area contributed by atoms with Gasteiger partial charge in [0.05, 0.1) is 17.8 Å². The number of amides is 1. The highest BCUT2D eigenvalue weighted by molar-refractivity contribution is 5.79. The zero-order valence-corrected chi connectivity index (χ0v) is 13.8. The quantitative estimate of drug-likeness (QED) is 0.807. The second-order valence-electron chi connectivity index (χ2n) is 6.47. The SMILES string of the molecule is Cc1n[nH]c(C)c1C[C@H](C)C(=O)N[C@@H]1c2ccccc2C[C@@H]1O. The molecule has 0 spiro atoms. The molecule has 0 unspecified atom stereocenters. The lowest BCUT2D eigenvalue weighted by molar-refractivity contribution is -0.126. The average molecular weight is 313 g/mol. The zero-order chi connectivity index (χ0) is 16.6. The maximum absolute atomic E-state index is 12.6. The molecule has 122 valence electrons. The number of nitrogens with one attached hydrogen (secondary N) is 2. The Kier molecular flexibility index (Phi) is 4.22. The molecule has 3 N–H and O–H groups in total. The molecule has 23 heavy (non-hydrogen) atoms. The molecular weight excluding hydrogens is 290 g/mol. The van der Waals surface area contributed by atoms with E-state index in [1.165, 1.54) is 0 Å². The fourth-order valence-electron chi connectivity index (χ4n) is 3.32. The normalized spacial score (nSPS) is 21.0. The zero-order valence-electron chi connectivity index (χ0n) is 13.8. The van der Waals surface area contributed by atoms with E-state index in [1.807, 2.05) is 45.0 Å². The van der Waals surface area contributed by atoms with E-state index in [2.05, 4.69) is 15.5 Å². The van der Waals surface area contributed by atoms with E-state index < -0.39 is 6.10 Å². The molecule has 1 heterocycles. The summed E-state index contributed by atoms with van der Waals surface area (Å²) < 4.78 is 0. The molecule has 0 radical (unpaired) electrons. The third-order valence-electron chi connectivity index (χ3n) is 4.74. The van der Waals surface area contributed by atoms with E-state index in [0.717, 1.165) is 28.1 Å². The standard InChI is InChI=1S/C18H23N3O2/c1-10(8-15-11(2)20-21-12(15)3)18(23)19-17-14-7-5-4-6-13(14)9-16(17)22/h4-7,10,16-17,22H,8-9H2,1-3H3,(H,19,23)(H,20,21)/t10-,16-,17+/m0/s1. The Labute approximate surface area is 136 Å². The first-order chi connectivity index (χ1) is 11.0. The van der Waals surface area contributed by atoms with Gasteiger partial charge in [0.2, 0.25) is 5.91 Å². The van der Waals surface area contributed by atoms with E-state index in [1.54, 1.807) is 0 Å². The summed E-state index contributed by atoms with van der Waals surface area (Å²) in [5.41, 5.74) is 5.18. The minimum Gasteiger partial charge on any atom is -0.390 e. The summed E-state index contributed by atoms with van der Waals surface area (Å²) in [5, 5.41) is 20.4. The van der Waals surface area contributed by atoms with Crippen molar-refractivity contribution in [2.24, 2.45) is 5.92 Å². The van der Waals surface area contributed by atoms with Crippen LogP contribution in [0.15, 0.2) is 24.3 Å². The van der Waals surface area contributed by atoms with E-state index in [9.17, 15) is 9.90 Å². The van der Waals surface area contributed by atoms with Crippen molar-refractivity contribution in [3.63, 3.8) is 0 Å². The summed E-state index contributed by atoms with van der Waals surface area (Å²) in [5.74, 6) is -0.212. The lowest BCUT2D eigenvalue weighted by Gasteiger charge is -2.21. The van der Waals surface area contributed by atoms with Gasteiger partial charge in [-0.05, 0) is 37.0 Å². The summed E-state index contributed by atoms with van der Waals surface area (Å²) in [6, 6.07) is 7.57. The van der Waals surface area contributed by atoms with E-state index in [0.29, 0.717) is 12.8 Å². The van der Waals surface area contributed by atoms with Gasteiger partial charge in [-0.2, -0.15) is 5.10 Å². The Morgan fingerprint density at radius 1 is 1.43 bits per heavy atom. The lowest BCUT2D eigenvalue weighted by atomic mass is 9.98. The number of benzene rings is 1. The summed E-state index contributed by atoms with van der Waals surface area (Å²) in [4.78, 5) is 12.6. The molecule has 0 bridgehead atoms. The van der Waals surface area contributed by atoms with Crippen molar-refractivity contribution in [3.05, 3.63) is 52.3 Å². The highest BCUT2D eigenvalue weighted by Crippen LogP contribution is 2.31. The summed E-state index contributed by atoms with van der Waals surface area (Å²) in [6.45, 7) is 5.83. The Bertz CT molecular complexity index is 703. The van der Waals surface area contributed by atoms with Gasteiger partial charge in [-0.3, -0.25) is 9.89 Å². The summed E-state index contributed by atoms with van der Waals surface area (Å²) in [7, 11) is 0. The monoisotopic (exact) mass is 313 g/mol. The molecule has 1 aliphatic rings. The van der Waals surface area contributed by atoms with Crippen molar-refractivity contribution < 1.29 is 9.90 Å². The summed E-state index contributed by atoms with van der Waals surface area (Å²) in [6.07, 6.45) is 0.681. The minimum absolute atomic E-state index is 0.0363. The number of aromatic nitrogens is 2. The molecule has 1 aromatic carbocycles. The number of aliphatic hydroxyl groups excluding tert-OH is 1. The lowest BCUT2D eigenvalue weighted by Crippen LogP contribution is -2.37. The average Bonchev–Trinajstić information content (AvgIpc) is 3.01. The van der Waals surface area contributed by atoms with Crippen LogP contribution in [0.4, 0.5) is 0 Å². The van der Waals surface area contributed by atoms with Crippen molar-refractivity contribution in [3.8, 4) is 0 Å². The minimum atomic E-state index is -0.555. The van der Waals surface area contributed by atoms with Crippen LogP contribution in [0.1, 0.15) is 41.0 Å². The number of hydrogen-bond acceptors (Lipinski definition) is 3. The number of carbonyl (C=O) groups is 1. The van der Waals surface area contributed by atoms with Gasteiger partial charge in [-0.15, -0.1) is 0 Å². The first kappa shape index (κ1) is 15.7. The molecule has 3 atom stereocenters. The number of aryl methyl sites for hydroxylation is 2. The van der Waals surface area contributed by atoms with Crippen molar-refractivity contribution >= 4 is 5.91 Å². The number of aromatic amines is 1. The molecule has 0 fully saturated rings. The first-order valence-electron chi connectivity index (χ1n) is 8.04. The number of nitrogens with zero attached hydrogens (tertiary/aromatic N) is 1. The number of fused-ring (bicyclic) bond motifs is 1. The number of hydrogen-bond donors (Lipinski definition) is 3. The third kappa shape index (κ3) is 3.01. The number of carbonyl (C=O) groups excluding carboxylic acids is 1. The maximum atomic E-state index is 12.6. The maximum Gasteiger partial charge on any atom is 0.223 e. The van der Waals surface area contributed by atoms with Crippen LogP contribution in [0.5, 0.6) is 0 Å². The topological polar surface area (TPSA) is 78.0 Å². The second-order valence-corrected chi connectivity index (χ2v) is 6.47. The first-order valence-corrected chi connectivity index (χ1v) is 8.04. The van der Waals surface area contributed by atoms with Crippen molar-refractivity contribution in [2.45, 2.75) is 45.8 Å². The van der Waals surface area contributed by atoms with Gasteiger partial charge in [0, 0.05) is 18.0 Å². The highest BCUT2D eigenvalue weighted by Gasteiger charge is 2.32.